The Kier molecular flexibility index (Phi) is 4.25. The van der Waals surface area contributed by atoms with Gasteiger partial charge >= 0.3 is 0 Å². The monoisotopic (exact) mass is 214 g/mol. The van der Waals surface area contributed by atoms with Gasteiger partial charge in [0.05, 0.1) is 4.88 Å². The Labute approximate surface area is 85.6 Å². The highest BCUT2D eigenvalue weighted by atomic mass is 32.1. The van der Waals surface area contributed by atoms with E-state index in [1.54, 1.807) is 6.21 Å². The van der Waals surface area contributed by atoms with Crippen LogP contribution in [0.1, 0.15) is 29.4 Å². The summed E-state index contributed by atoms with van der Waals surface area (Å²) in [5, 5.41) is 3.34. The number of thiophene rings is 1. The van der Waals surface area contributed by atoms with Gasteiger partial charge in [-0.2, -0.15) is 9.49 Å². The van der Waals surface area contributed by atoms with Crippen molar-refractivity contribution in [3.8, 4) is 0 Å². The number of unbranched alkanes of at least 4 members (excludes halogenated alkanes) is 1. The van der Waals surface area contributed by atoms with Crippen molar-refractivity contribution in [1.82, 2.24) is 5.43 Å². The van der Waals surface area contributed by atoms with Gasteiger partial charge in [0.15, 0.2) is 5.13 Å². The maximum Gasteiger partial charge on any atom is 0.281 e. The molecule has 0 atom stereocenters. The van der Waals surface area contributed by atoms with Gasteiger partial charge in [-0.1, -0.05) is 13.3 Å². The molecule has 0 bridgehead atoms. The van der Waals surface area contributed by atoms with E-state index in [0.717, 1.165) is 24.2 Å². The van der Waals surface area contributed by atoms with E-state index >= 15 is 0 Å². The van der Waals surface area contributed by atoms with E-state index in [0.29, 0.717) is 4.88 Å². The summed E-state index contributed by atoms with van der Waals surface area (Å²) in [4.78, 5) is 11.6. The minimum atomic E-state index is -0.369. The van der Waals surface area contributed by atoms with E-state index in [2.05, 4.69) is 10.5 Å². The number of nitrogens with one attached hydrogen (secondary N) is 1. The SMILES string of the molecule is CCC/C=N/NC(=O)c1ccc(F)s1. The zero-order valence-electron chi connectivity index (χ0n) is 7.79. The molecule has 1 aromatic rings. The number of hydrogen-bond donors (Lipinski definition) is 1. The molecule has 0 aliphatic carbocycles. The summed E-state index contributed by atoms with van der Waals surface area (Å²) < 4.78 is 12.5. The molecule has 5 heteroatoms. The van der Waals surface area contributed by atoms with Crippen LogP contribution in [0.2, 0.25) is 0 Å². The topological polar surface area (TPSA) is 41.5 Å². The van der Waals surface area contributed by atoms with Gasteiger partial charge in [-0.3, -0.25) is 4.79 Å². The van der Waals surface area contributed by atoms with Crippen LogP contribution in [0, 0.1) is 5.13 Å². The quantitative estimate of drug-likeness (QED) is 0.607. The predicted molar refractivity (Wildman–Crippen MR) is 55.1 cm³/mol. The Morgan fingerprint density at radius 1 is 1.71 bits per heavy atom. The molecule has 0 unspecified atom stereocenters. The fourth-order valence-corrected chi connectivity index (χ4v) is 1.41. The molecule has 0 aromatic carbocycles. The highest BCUT2D eigenvalue weighted by molar-refractivity contribution is 7.12. The summed E-state index contributed by atoms with van der Waals surface area (Å²) >= 11 is 0.807. The van der Waals surface area contributed by atoms with Gasteiger partial charge in [0.25, 0.3) is 5.91 Å². The normalized spacial score (nSPS) is 10.7. The Morgan fingerprint density at radius 2 is 2.50 bits per heavy atom. The second-order valence-corrected chi connectivity index (χ2v) is 3.68. The third-order valence-electron chi connectivity index (χ3n) is 1.47. The van der Waals surface area contributed by atoms with Crippen molar-refractivity contribution in [3.05, 3.63) is 22.1 Å². The number of carbonyl (C=O) groups is 1. The molecular weight excluding hydrogens is 203 g/mol. The predicted octanol–water partition coefficient (Wildman–Crippen LogP) is 2.40. The Morgan fingerprint density at radius 3 is 3.07 bits per heavy atom. The first-order valence-electron chi connectivity index (χ1n) is 4.31. The number of rotatable bonds is 4. The van der Waals surface area contributed by atoms with Crippen molar-refractivity contribution in [3.63, 3.8) is 0 Å². The van der Waals surface area contributed by atoms with Crippen molar-refractivity contribution in [1.29, 1.82) is 0 Å². The summed E-state index contributed by atoms with van der Waals surface area (Å²) in [6.07, 6.45) is 3.42. The van der Waals surface area contributed by atoms with Crippen LogP contribution in [0.25, 0.3) is 0 Å². The molecule has 0 aliphatic heterocycles. The lowest BCUT2D eigenvalue weighted by molar-refractivity contribution is 0.0959. The van der Waals surface area contributed by atoms with Crippen LogP contribution in [0.5, 0.6) is 0 Å². The first-order chi connectivity index (χ1) is 6.74. The lowest BCUT2D eigenvalue weighted by Gasteiger charge is -1.93. The second-order valence-electron chi connectivity index (χ2n) is 2.65. The smallest absolute Gasteiger partial charge is 0.266 e. The van der Waals surface area contributed by atoms with E-state index < -0.39 is 0 Å². The number of amides is 1. The standard InChI is InChI=1S/C9H11FN2OS/c1-2-3-6-11-12-9(13)7-4-5-8(10)14-7/h4-6H,2-3H2,1H3,(H,12,13)/b11-6+. The number of nitrogens with zero attached hydrogens (tertiary/aromatic N) is 1. The van der Waals surface area contributed by atoms with E-state index in [9.17, 15) is 9.18 Å². The van der Waals surface area contributed by atoms with Crippen LogP contribution in [-0.4, -0.2) is 12.1 Å². The number of hydrazone groups is 1. The Bertz CT molecular complexity index is 335. The van der Waals surface area contributed by atoms with Crippen LogP contribution in [0.3, 0.4) is 0 Å². The molecule has 1 amide bonds. The third kappa shape index (κ3) is 3.26. The summed E-state index contributed by atoms with van der Waals surface area (Å²) in [6, 6.07) is 2.69. The van der Waals surface area contributed by atoms with Gasteiger partial charge < -0.3 is 0 Å². The molecule has 0 radical (unpaired) electrons. The lowest BCUT2D eigenvalue weighted by Crippen LogP contribution is -2.15. The fourth-order valence-electron chi connectivity index (χ4n) is 0.789. The van der Waals surface area contributed by atoms with Crippen molar-refractivity contribution < 1.29 is 9.18 Å². The van der Waals surface area contributed by atoms with E-state index in [1.165, 1.54) is 12.1 Å². The highest BCUT2D eigenvalue weighted by Gasteiger charge is 2.07. The Hall–Kier alpha value is -1.23. The maximum atomic E-state index is 12.5. The van der Waals surface area contributed by atoms with Crippen molar-refractivity contribution in [2.24, 2.45) is 5.10 Å². The molecule has 76 valence electrons. The molecular formula is C9H11FN2OS. The summed E-state index contributed by atoms with van der Waals surface area (Å²) in [7, 11) is 0. The molecule has 3 nitrogen and oxygen atoms in total. The average molecular weight is 214 g/mol. The zero-order valence-corrected chi connectivity index (χ0v) is 8.60. The second kappa shape index (κ2) is 5.49. The summed E-state index contributed by atoms with van der Waals surface area (Å²) in [5.41, 5.74) is 2.32. The first kappa shape index (κ1) is 10.8. The van der Waals surface area contributed by atoms with Gasteiger partial charge in [0.1, 0.15) is 0 Å². The molecule has 14 heavy (non-hydrogen) atoms. The maximum absolute atomic E-state index is 12.5. The molecule has 1 rings (SSSR count). The summed E-state index contributed by atoms with van der Waals surface area (Å²) in [5.74, 6) is -0.369. The minimum absolute atomic E-state index is 0.330. The van der Waals surface area contributed by atoms with Crippen molar-refractivity contribution >= 4 is 23.5 Å². The van der Waals surface area contributed by atoms with Crippen LogP contribution >= 0.6 is 11.3 Å². The number of carbonyl (C=O) groups excluding carboxylic acids is 1. The van der Waals surface area contributed by atoms with Crippen LogP contribution in [0.4, 0.5) is 4.39 Å². The fraction of sp³-hybridized carbons (Fsp3) is 0.333. The Balaban J connectivity index is 2.43. The first-order valence-corrected chi connectivity index (χ1v) is 5.13. The van der Waals surface area contributed by atoms with E-state index in [-0.39, 0.29) is 11.0 Å². The zero-order chi connectivity index (χ0) is 10.4. The van der Waals surface area contributed by atoms with E-state index in [1.807, 2.05) is 6.92 Å². The largest absolute Gasteiger partial charge is 0.281 e. The van der Waals surface area contributed by atoms with Gasteiger partial charge in [-0.15, -0.1) is 11.3 Å². The van der Waals surface area contributed by atoms with Gasteiger partial charge in [0, 0.05) is 6.21 Å². The molecule has 0 saturated heterocycles. The molecule has 0 saturated carbocycles. The number of hydrogen-bond acceptors (Lipinski definition) is 3. The highest BCUT2D eigenvalue weighted by Crippen LogP contribution is 2.13. The van der Waals surface area contributed by atoms with Crippen molar-refractivity contribution in [2.75, 3.05) is 0 Å². The summed E-state index contributed by atoms with van der Waals surface area (Å²) in [6.45, 7) is 2.02. The van der Waals surface area contributed by atoms with Crippen molar-refractivity contribution in [2.45, 2.75) is 19.8 Å². The lowest BCUT2D eigenvalue weighted by atomic mass is 10.4. The van der Waals surface area contributed by atoms with Crippen LogP contribution < -0.4 is 5.43 Å². The molecule has 0 spiro atoms. The third-order valence-corrected chi connectivity index (χ3v) is 2.34. The molecule has 1 N–H and O–H groups in total. The average Bonchev–Trinajstić information content (AvgIpc) is 2.59. The minimum Gasteiger partial charge on any atom is -0.266 e. The van der Waals surface area contributed by atoms with Crippen LogP contribution in [0.15, 0.2) is 17.2 Å². The van der Waals surface area contributed by atoms with Gasteiger partial charge in [-0.25, -0.2) is 5.43 Å². The molecule has 0 fully saturated rings. The van der Waals surface area contributed by atoms with Gasteiger partial charge in [0.2, 0.25) is 0 Å². The molecule has 1 heterocycles. The number of halogens is 1. The molecule has 0 aliphatic rings. The van der Waals surface area contributed by atoms with Gasteiger partial charge in [-0.05, 0) is 18.6 Å². The van der Waals surface area contributed by atoms with Crippen LogP contribution in [-0.2, 0) is 0 Å². The molecule has 1 aromatic heterocycles. The van der Waals surface area contributed by atoms with E-state index in [4.69, 9.17) is 0 Å².